The molecule has 2 N–H and O–H groups in total. The fourth-order valence-corrected chi connectivity index (χ4v) is 1.98. The first-order valence-corrected chi connectivity index (χ1v) is 6.26. The van der Waals surface area contributed by atoms with Crippen molar-refractivity contribution in [1.82, 2.24) is 0 Å². The summed E-state index contributed by atoms with van der Waals surface area (Å²) >= 11 is 1.46. The highest BCUT2D eigenvalue weighted by Gasteiger charge is 2.05. The van der Waals surface area contributed by atoms with Crippen LogP contribution in [0.4, 0.5) is 0 Å². The summed E-state index contributed by atoms with van der Waals surface area (Å²) in [5.41, 5.74) is 7.25. The highest BCUT2D eigenvalue weighted by Crippen LogP contribution is 2.14. The molecule has 0 spiro atoms. The Morgan fingerprint density at radius 2 is 2.29 bits per heavy atom. The number of nitrogens with two attached hydrogens (primary N) is 1. The van der Waals surface area contributed by atoms with Crippen LogP contribution < -0.4 is 5.73 Å². The Kier molecular flexibility index (Phi) is 5.56. The zero-order valence-corrected chi connectivity index (χ0v) is 10.8. The molecule has 4 nitrogen and oxygen atoms in total. The van der Waals surface area contributed by atoms with Crippen LogP contribution in [0.15, 0.2) is 29.3 Å². The summed E-state index contributed by atoms with van der Waals surface area (Å²) in [5.74, 6) is 0.368. The van der Waals surface area contributed by atoms with E-state index in [2.05, 4.69) is 9.73 Å². The number of aliphatic imine (C=N–C) groups is 1. The summed E-state index contributed by atoms with van der Waals surface area (Å²) in [6.07, 6.45) is 0. The van der Waals surface area contributed by atoms with Crippen molar-refractivity contribution >= 4 is 22.9 Å². The molecule has 0 saturated carbocycles. The van der Waals surface area contributed by atoms with E-state index in [4.69, 9.17) is 5.73 Å². The van der Waals surface area contributed by atoms with Gasteiger partial charge in [-0.05, 0) is 24.6 Å². The normalized spacial score (nSPS) is 11.3. The van der Waals surface area contributed by atoms with E-state index < -0.39 is 0 Å². The number of esters is 1. The maximum absolute atomic E-state index is 11.3. The minimum atomic E-state index is -0.327. The predicted molar refractivity (Wildman–Crippen MR) is 71.2 cm³/mol. The summed E-state index contributed by atoms with van der Waals surface area (Å²) in [4.78, 5) is 15.4. The number of methoxy groups -OCH3 is 1. The standard InChI is InChI=1S/C12H16N2O2S/c1-3-14-12(13)17-8-9-5-4-6-10(7-9)11(15)16-2/h4-7H,3,8H2,1-2H3,(H2,13,14). The van der Waals surface area contributed by atoms with E-state index in [9.17, 15) is 4.79 Å². The number of benzene rings is 1. The number of amidine groups is 1. The number of carbonyl (C=O) groups excluding carboxylic acids is 1. The van der Waals surface area contributed by atoms with Crippen LogP contribution in [0.5, 0.6) is 0 Å². The Bertz CT molecular complexity index is 419. The lowest BCUT2D eigenvalue weighted by Gasteiger charge is -2.03. The molecule has 17 heavy (non-hydrogen) atoms. The summed E-state index contributed by atoms with van der Waals surface area (Å²) in [5, 5.41) is 0.566. The van der Waals surface area contributed by atoms with Crippen LogP contribution in [0.25, 0.3) is 0 Å². The van der Waals surface area contributed by atoms with Gasteiger partial charge < -0.3 is 10.5 Å². The molecule has 0 saturated heterocycles. The Labute approximate surface area is 105 Å². The first kappa shape index (κ1) is 13.6. The lowest BCUT2D eigenvalue weighted by atomic mass is 10.1. The maximum Gasteiger partial charge on any atom is 0.337 e. The molecule has 0 atom stereocenters. The van der Waals surface area contributed by atoms with Gasteiger partial charge in [-0.3, -0.25) is 4.99 Å². The zero-order valence-electron chi connectivity index (χ0n) is 9.97. The molecular weight excluding hydrogens is 236 g/mol. The molecule has 0 radical (unpaired) electrons. The molecule has 0 aliphatic rings. The molecule has 0 amide bonds. The van der Waals surface area contributed by atoms with Crippen LogP contribution in [0, 0.1) is 0 Å². The SMILES string of the molecule is CCN=C(N)SCc1cccc(C(=O)OC)c1. The highest BCUT2D eigenvalue weighted by atomic mass is 32.2. The molecule has 0 fully saturated rings. The fourth-order valence-electron chi connectivity index (χ4n) is 1.26. The monoisotopic (exact) mass is 252 g/mol. The maximum atomic E-state index is 11.3. The zero-order chi connectivity index (χ0) is 12.7. The van der Waals surface area contributed by atoms with E-state index in [1.54, 1.807) is 12.1 Å². The first-order valence-electron chi connectivity index (χ1n) is 5.27. The molecule has 92 valence electrons. The summed E-state index contributed by atoms with van der Waals surface area (Å²) in [6.45, 7) is 2.62. The smallest absolute Gasteiger partial charge is 0.337 e. The number of nitrogens with zero attached hydrogens (tertiary/aromatic N) is 1. The lowest BCUT2D eigenvalue weighted by molar-refractivity contribution is 0.0600. The van der Waals surface area contributed by atoms with Crippen molar-refractivity contribution in [3.05, 3.63) is 35.4 Å². The van der Waals surface area contributed by atoms with Gasteiger partial charge in [0.2, 0.25) is 0 Å². The van der Waals surface area contributed by atoms with Crippen molar-refractivity contribution in [2.45, 2.75) is 12.7 Å². The van der Waals surface area contributed by atoms with E-state index in [1.807, 2.05) is 19.1 Å². The second-order valence-electron chi connectivity index (χ2n) is 3.29. The number of hydrogen-bond acceptors (Lipinski definition) is 4. The quantitative estimate of drug-likeness (QED) is 0.506. The van der Waals surface area contributed by atoms with Gasteiger partial charge in [-0.25, -0.2) is 4.79 Å². The average molecular weight is 252 g/mol. The molecule has 0 bridgehead atoms. The molecule has 0 heterocycles. The minimum Gasteiger partial charge on any atom is -0.465 e. The highest BCUT2D eigenvalue weighted by molar-refractivity contribution is 8.13. The Morgan fingerprint density at radius 3 is 2.94 bits per heavy atom. The number of rotatable bonds is 4. The molecule has 1 aromatic carbocycles. The van der Waals surface area contributed by atoms with Gasteiger partial charge in [-0.15, -0.1) is 0 Å². The third-order valence-electron chi connectivity index (χ3n) is 2.05. The van der Waals surface area contributed by atoms with E-state index >= 15 is 0 Å². The minimum absolute atomic E-state index is 0.327. The fraction of sp³-hybridized carbons (Fsp3) is 0.333. The number of hydrogen-bond donors (Lipinski definition) is 1. The molecule has 0 aromatic heterocycles. The van der Waals surface area contributed by atoms with Crippen LogP contribution in [0.1, 0.15) is 22.8 Å². The van der Waals surface area contributed by atoms with Gasteiger partial charge in [0.05, 0.1) is 12.7 Å². The van der Waals surface area contributed by atoms with Crippen LogP contribution in [-0.4, -0.2) is 24.8 Å². The van der Waals surface area contributed by atoms with Crippen LogP contribution >= 0.6 is 11.8 Å². The molecular formula is C12H16N2O2S. The van der Waals surface area contributed by atoms with Gasteiger partial charge >= 0.3 is 5.97 Å². The van der Waals surface area contributed by atoms with Crippen LogP contribution in [0.3, 0.4) is 0 Å². The van der Waals surface area contributed by atoms with Crippen LogP contribution in [0.2, 0.25) is 0 Å². The van der Waals surface area contributed by atoms with E-state index in [1.165, 1.54) is 18.9 Å². The van der Waals surface area contributed by atoms with Crippen molar-refractivity contribution in [2.24, 2.45) is 10.7 Å². The van der Waals surface area contributed by atoms with Crippen molar-refractivity contribution in [1.29, 1.82) is 0 Å². The third kappa shape index (κ3) is 4.48. The van der Waals surface area contributed by atoms with Crippen LogP contribution in [-0.2, 0) is 10.5 Å². The van der Waals surface area contributed by atoms with Crippen molar-refractivity contribution in [3.63, 3.8) is 0 Å². The van der Waals surface area contributed by atoms with Gasteiger partial charge in [0, 0.05) is 12.3 Å². The van der Waals surface area contributed by atoms with E-state index in [-0.39, 0.29) is 5.97 Å². The van der Waals surface area contributed by atoms with Crippen molar-refractivity contribution in [2.75, 3.05) is 13.7 Å². The second-order valence-corrected chi connectivity index (χ2v) is 4.29. The van der Waals surface area contributed by atoms with Gasteiger partial charge in [-0.1, -0.05) is 23.9 Å². The Morgan fingerprint density at radius 1 is 1.53 bits per heavy atom. The average Bonchev–Trinajstić information content (AvgIpc) is 2.36. The molecule has 1 rings (SSSR count). The number of carbonyl (C=O) groups is 1. The number of thioether (sulfide) groups is 1. The van der Waals surface area contributed by atoms with Crippen molar-refractivity contribution in [3.8, 4) is 0 Å². The van der Waals surface area contributed by atoms with Gasteiger partial charge in [0.15, 0.2) is 5.17 Å². The summed E-state index contributed by atoms with van der Waals surface area (Å²) in [6, 6.07) is 7.30. The summed E-state index contributed by atoms with van der Waals surface area (Å²) < 4.78 is 4.66. The second kappa shape index (κ2) is 6.96. The van der Waals surface area contributed by atoms with E-state index in [0.717, 1.165) is 5.56 Å². The first-order chi connectivity index (χ1) is 8.17. The van der Waals surface area contributed by atoms with Gasteiger partial charge in [-0.2, -0.15) is 0 Å². The topological polar surface area (TPSA) is 64.7 Å². The molecule has 0 aliphatic carbocycles. The lowest BCUT2D eigenvalue weighted by Crippen LogP contribution is -2.07. The molecule has 0 aliphatic heterocycles. The molecule has 5 heteroatoms. The van der Waals surface area contributed by atoms with Gasteiger partial charge in [0.1, 0.15) is 0 Å². The third-order valence-corrected chi connectivity index (χ3v) is 2.95. The molecule has 1 aromatic rings. The summed E-state index contributed by atoms with van der Waals surface area (Å²) in [7, 11) is 1.37. The molecule has 0 unspecified atom stereocenters. The van der Waals surface area contributed by atoms with E-state index in [0.29, 0.717) is 23.0 Å². The largest absolute Gasteiger partial charge is 0.465 e. The van der Waals surface area contributed by atoms with Crippen molar-refractivity contribution < 1.29 is 9.53 Å². The van der Waals surface area contributed by atoms with Gasteiger partial charge in [0.25, 0.3) is 0 Å². The number of ether oxygens (including phenoxy) is 1. The predicted octanol–water partition coefficient (Wildman–Crippen LogP) is 2.04. The Balaban J connectivity index is 2.66. The Hall–Kier alpha value is -1.49.